The van der Waals surface area contributed by atoms with E-state index in [1.165, 1.54) is 23.5 Å². The molecular weight excluding hydrogens is 360 g/mol. The second kappa shape index (κ2) is 7.81. The van der Waals surface area contributed by atoms with Crippen molar-refractivity contribution < 1.29 is 4.92 Å². The van der Waals surface area contributed by atoms with Gasteiger partial charge in [0, 0.05) is 42.9 Å². The van der Waals surface area contributed by atoms with Crippen molar-refractivity contribution >= 4 is 34.4 Å². The molecule has 0 saturated heterocycles. The molecule has 0 radical (unpaired) electrons. The molecule has 0 atom stereocenters. The molecule has 3 rings (SSSR count). The van der Waals surface area contributed by atoms with Gasteiger partial charge in [-0.2, -0.15) is 5.26 Å². The van der Waals surface area contributed by atoms with Crippen molar-refractivity contribution in [2.24, 2.45) is 0 Å². The molecule has 0 amide bonds. The average molecular weight is 376 g/mol. The van der Waals surface area contributed by atoms with Crippen molar-refractivity contribution in [3.05, 3.63) is 74.6 Å². The maximum Gasteiger partial charge on any atom is 0.269 e. The Morgan fingerprint density at radius 2 is 1.85 bits per heavy atom. The van der Waals surface area contributed by atoms with Gasteiger partial charge in [0.15, 0.2) is 0 Å². The van der Waals surface area contributed by atoms with Crippen LogP contribution in [0.5, 0.6) is 0 Å². The van der Waals surface area contributed by atoms with Gasteiger partial charge >= 0.3 is 0 Å². The van der Waals surface area contributed by atoms with E-state index in [-0.39, 0.29) is 5.69 Å². The van der Waals surface area contributed by atoms with E-state index in [4.69, 9.17) is 0 Å². The lowest BCUT2D eigenvalue weighted by Crippen LogP contribution is -2.07. The number of aromatic nitrogens is 1. The summed E-state index contributed by atoms with van der Waals surface area (Å²) in [6.45, 7) is 0. The number of hydrogen-bond donors (Lipinski definition) is 0. The van der Waals surface area contributed by atoms with Gasteiger partial charge in [0.05, 0.1) is 16.2 Å². The first-order chi connectivity index (χ1) is 13.0. The average Bonchev–Trinajstić information content (AvgIpc) is 3.16. The van der Waals surface area contributed by atoms with Crippen LogP contribution in [0.15, 0.2) is 53.9 Å². The standard InChI is InChI=1S/C20H16N4O2S/c1-23(2)17-7-3-14(4-8-17)11-16(12-21)20-22-19(13-27-20)15-5-9-18(10-6-15)24(25)26/h3-11,13H,1-2H3/b16-11+. The highest BCUT2D eigenvalue weighted by molar-refractivity contribution is 7.11. The van der Waals surface area contributed by atoms with E-state index in [1.807, 2.05) is 48.6 Å². The van der Waals surface area contributed by atoms with Crippen molar-refractivity contribution in [1.29, 1.82) is 5.26 Å². The third-order valence-corrected chi connectivity index (χ3v) is 4.82. The molecule has 0 spiro atoms. The predicted octanol–water partition coefficient (Wildman–Crippen LogP) is 4.85. The Labute approximate surface area is 160 Å². The van der Waals surface area contributed by atoms with Crippen molar-refractivity contribution in [3.8, 4) is 17.3 Å². The van der Waals surface area contributed by atoms with Crippen LogP contribution in [0.3, 0.4) is 0 Å². The Morgan fingerprint density at radius 1 is 1.19 bits per heavy atom. The number of nitro benzene ring substituents is 1. The number of rotatable bonds is 5. The minimum Gasteiger partial charge on any atom is -0.378 e. The zero-order chi connectivity index (χ0) is 19.4. The van der Waals surface area contributed by atoms with Gasteiger partial charge in [-0.1, -0.05) is 12.1 Å². The summed E-state index contributed by atoms with van der Waals surface area (Å²) in [6, 6.07) is 16.3. The van der Waals surface area contributed by atoms with E-state index in [1.54, 1.807) is 18.2 Å². The van der Waals surface area contributed by atoms with Gasteiger partial charge in [-0.05, 0) is 35.9 Å². The molecule has 0 saturated carbocycles. The first-order valence-corrected chi connectivity index (χ1v) is 8.96. The van der Waals surface area contributed by atoms with E-state index in [0.717, 1.165) is 16.8 Å². The largest absolute Gasteiger partial charge is 0.378 e. The number of hydrogen-bond acceptors (Lipinski definition) is 6. The number of nitriles is 1. The van der Waals surface area contributed by atoms with Gasteiger partial charge in [0.1, 0.15) is 11.1 Å². The molecule has 0 aliphatic rings. The van der Waals surface area contributed by atoms with E-state index < -0.39 is 4.92 Å². The Morgan fingerprint density at radius 3 is 2.41 bits per heavy atom. The lowest BCUT2D eigenvalue weighted by atomic mass is 10.1. The summed E-state index contributed by atoms with van der Waals surface area (Å²) in [6.07, 6.45) is 1.80. The van der Waals surface area contributed by atoms with Crippen molar-refractivity contribution in [2.75, 3.05) is 19.0 Å². The molecule has 0 N–H and O–H groups in total. The molecule has 134 valence electrons. The van der Waals surface area contributed by atoms with Crippen LogP contribution in [0.1, 0.15) is 10.6 Å². The van der Waals surface area contributed by atoms with Crippen LogP contribution in [0.25, 0.3) is 22.9 Å². The fourth-order valence-corrected chi connectivity index (χ4v) is 3.26. The smallest absolute Gasteiger partial charge is 0.269 e. The highest BCUT2D eigenvalue weighted by Gasteiger charge is 2.11. The fourth-order valence-electron chi connectivity index (χ4n) is 2.46. The fraction of sp³-hybridized carbons (Fsp3) is 0.100. The topological polar surface area (TPSA) is 83.1 Å². The highest BCUT2D eigenvalue weighted by atomic mass is 32.1. The number of anilines is 1. The molecule has 0 fully saturated rings. The van der Waals surface area contributed by atoms with Crippen molar-refractivity contribution in [3.63, 3.8) is 0 Å². The number of allylic oxidation sites excluding steroid dienone is 1. The molecule has 0 aliphatic heterocycles. The normalized spacial score (nSPS) is 11.1. The maximum absolute atomic E-state index is 10.8. The number of benzene rings is 2. The third-order valence-electron chi connectivity index (χ3n) is 3.95. The molecule has 1 aromatic heterocycles. The van der Waals surface area contributed by atoms with Crippen LogP contribution in [0.4, 0.5) is 11.4 Å². The van der Waals surface area contributed by atoms with Crippen LogP contribution < -0.4 is 4.90 Å². The SMILES string of the molecule is CN(C)c1ccc(/C=C(\C#N)c2nc(-c3ccc([N+](=O)[O-])cc3)cs2)cc1. The van der Waals surface area contributed by atoms with Gasteiger partial charge in [-0.15, -0.1) is 11.3 Å². The molecule has 6 nitrogen and oxygen atoms in total. The number of nitrogens with zero attached hydrogens (tertiary/aromatic N) is 4. The predicted molar refractivity (Wildman–Crippen MR) is 108 cm³/mol. The molecule has 3 aromatic rings. The lowest BCUT2D eigenvalue weighted by molar-refractivity contribution is -0.384. The quantitative estimate of drug-likeness (QED) is 0.361. The van der Waals surface area contributed by atoms with E-state index >= 15 is 0 Å². The summed E-state index contributed by atoms with van der Waals surface area (Å²) < 4.78 is 0. The minimum atomic E-state index is -0.436. The van der Waals surface area contributed by atoms with E-state index in [2.05, 4.69) is 11.1 Å². The summed E-state index contributed by atoms with van der Waals surface area (Å²) in [5.74, 6) is 0. The zero-order valence-electron chi connectivity index (χ0n) is 14.8. The molecule has 0 unspecified atom stereocenters. The molecule has 7 heteroatoms. The second-order valence-corrected chi connectivity index (χ2v) is 6.86. The second-order valence-electron chi connectivity index (χ2n) is 6.00. The number of thiazole rings is 1. The number of non-ortho nitro benzene ring substituents is 1. The van der Waals surface area contributed by atoms with Gasteiger partial charge in [0.2, 0.25) is 0 Å². The summed E-state index contributed by atoms with van der Waals surface area (Å²) in [5, 5.41) is 22.7. The van der Waals surface area contributed by atoms with Crippen LogP contribution in [-0.4, -0.2) is 24.0 Å². The Balaban J connectivity index is 1.86. The maximum atomic E-state index is 10.8. The van der Waals surface area contributed by atoms with E-state index in [0.29, 0.717) is 16.3 Å². The van der Waals surface area contributed by atoms with Gasteiger partial charge in [-0.3, -0.25) is 10.1 Å². The van der Waals surface area contributed by atoms with Crippen LogP contribution in [-0.2, 0) is 0 Å². The first kappa shape index (κ1) is 18.3. The number of nitro groups is 1. The van der Waals surface area contributed by atoms with Crippen molar-refractivity contribution in [1.82, 2.24) is 4.98 Å². The van der Waals surface area contributed by atoms with Crippen molar-refractivity contribution in [2.45, 2.75) is 0 Å². The summed E-state index contributed by atoms with van der Waals surface area (Å²) in [5.41, 5.74) is 3.98. The Bertz CT molecular complexity index is 1030. The Kier molecular flexibility index (Phi) is 5.29. The summed E-state index contributed by atoms with van der Waals surface area (Å²) in [7, 11) is 3.95. The summed E-state index contributed by atoms with van der Waals surface area (Å²) >= 11 is 1.37. The zero-order valence-corrected chi connectivity index (χ0v) is 15.6. The molecule has 2 aromatic carbocycles. The molecule has 27 heavy (non-hydrogen) atoms. The molecular formula is C20H16N4O2S. The first-order valence-electron chi connectivity index (χ1n) is 8.08. The van der Waals surface area contributed by atoms with Crippen LogP contribution in [0, 0.1) is 21.4 Å². The molecule has 0 bridgehead atoms. The van der Waals surface area contributed by atoms with Gasteiger partial charge in [-0.25, -0.2) is 4.98 Å². The highest BCUT2D eigenvalue weighted by Crippen LogP contribution is 2.28. The van der Waals surface area contributed by atoms with Crippen LogP contribution in [0.2, 0.25) is 0 Å². The minimum absolute atomic E-state index is 0.0352. The van der Waals surface area contributed by atoms with Gasteiger partial charge in [0.25, 0.3) is 5.69 Å². The lowest BCUT2D eigenvalue weighted by Gasteiger charge is -2.11. The van der Waals surface area contributed by atoms with E-state index in [9.17, 15) is 15.4 Å². The van der Waals surface area contributed by atoms with Crippen LogP contribution >= 0.6 is 11.3 Å². The Hall–Kier alpha value is -3.50. The monoisotopic (exact) mass is 376 g/mol. The molecule has 0 aliphatic carbocycles. The van der Waals surface area contributed by atoms with Gasteiger partial charge < -0.3 is 4.90 Å². The molecule has 1 heterocycles. The summed E-state index contributed by atoms with van der Waals surface area (Å²) in [4.78, 5) is 16.9. The third kappa shape index (κ3) is 4.19.